The first kappa shape index (κ1) is 17.5. The van der Waals surface area contributed by atoms with Gasteiger partial charge in [-0.05, 0) is 24.3 Å². The Morgan fingerprint density at radius 1 is 1.33 bits per heavy atom. The lowest BCUT2D eigenvalue weighted by atomic mass is 9.71. The fourth-order valence-corrected chi connectivity index (χ4v) is 4.26. The highest BCUT2D eigenvalue weighted by atomic mass is 16.5. The van der Waals surface area contributed by atoms with Crippen molar-refractivity contribution < 1.29 is 18.7 Å². The van der Waals surface area contributed by atoms with Crippen LogP contribution in [0.5, 0.6) is 0 Å². The number of carbonyl (C=O) groups is 1. The number of likely N-dealkylation sites (tertiary alicyclic amines) is 2. The van der Waals surface area contributed by atoms with E-state index in [2.05, 4.69) is 4.90 Å². The van der Waals surface area contributed by atoms with Gasteiger partial charge in [-0.25, -0.2) is 0 Å². The first-order valence-electron chi connectivity index (χ1n) is 8.70. The zero-order chi connectivity index (χ0) is 17.0. The molecule has 1 aromatic heterocycles. The molecule has 24 heavy (non-hydrogen) atoms. The monoisotopic (exact) mass is 336 g/mol. The molecule has 2 aliphatic rings. The van der Waals surface area contributed by atoms with E-state index in [9.17, 15) is 4.79 Å². The van der Waals surface area contributed by atoms with Gasteiger partial charge in [0.05, 0.1) is 25.0 Å². The molecule has 6 heteroatoms. The molecule has 2 aliphatic heterocycles. The zero-order valence-corrected chi connectivity index (χ0v) is 14.7. The topological polar surface area (TPSA) is 55.2 Å². The number of furan rings is 1. The van der Waals surface area contributed by atoms with Crippen molar-refractivity contribution in [3.8, 4) is 0 Å². The van der Waals surface area contributed by atoms with E-state index in [-0.39, 0.29) is 11.3 Å². The van der Waals surface area contributed by atoms with Crippen molar-refractivity contribution >= 4 is 5.91 Å². The maximum Gasteiger partial charge on any atom is 0.257 e. The fraction of sp³-hybridized carbons (Fsp3) is 0.722. The Kier molecular flexibility index (Phi) is 5.58. The van der Waals surface area contributed by atoms with E-state index in [0.29, 0.717) is 11.5 Å². The number of amides is 1. The first-order chi connectivity index (χ1) is 11.7. The molecular formula is C18H28N2O4. The summed E-state index contributed by atoms with van der Waals surface area (Å²) in [4.78, 5) is 16.9. The third kappa shape index (κ3) is 3.50. The van der Waals surface area contributed by atoms with Gasteiger partial charge in [0.2, 0.25) is 0 Å². The second kappa shape index (κ2) is 7.68. The van der Waals surface area contributed by atoms with Crippen molar-refractivity contribution in [2.75, 3.05) is 60.2 Å². The van der Waals surface area contributed by atoms with Crippen LogP contribution < -0.4 is 0 Å². The average Bonchev–Trinajstić information content (AvgIpc) is 3.23. The van der Waals surface area contributed by atoms with E-state index in [1.807, 2.05) is 4.90 Å². The van der Waals surface area contributed by atoms with Gasteiger partial charge in [-0.3, -0.25) is 4.79 Å². The summed E-state index contributed by atoms with van der Waals surface area (Å²) in [6.45, 7) is 6.28. The molecule has 2 saturated heterocycles. The number of methoxy groups -OCH3 is 2. The standard InChI is InChI=1S/C18H28N2O4/c1-22-10-8-19-11-16(13-23-2)18(14-19)4-6-20(7-5-18)17(21)15-3-9-24-12-15/h3,9,12,16H,4-8,10-11,13-14H2,1-2H3/t16-/m0/s1. The summed E-state index contributed by atoms with van der Waals surface area (Å²) in [6, 6.07) is 1.74. The van der Waals surface area contributed by atoms with Gasteiger partial charge < -0.3 is 23.7 Å². The van der Waals surface area contributed by atoms with E-state index in [1.165, 1.54) is 6.26 Å². The third-order valence-corrected chi connectivity index (χ3v) is 5.68. The predicted octanol–water partition coefficient (Wildman–Crippen LogP) is 1.73. The number of ether oxygens (including phenoxy) is 2. The lowest BCUT2D eigenvalue weighted by Gasteiger charge is -2.42. The van der Waals surface area contributed by atoms with Crippen LogP contribution in [0.15, 0.2) is 23.0 Å². The highest BCUT2D eigenvalue weighted by molar-refractivity contribution is 5.93. The molecule has 0 N–H and O–H groups in total. The van der Waals surface area contributed by atoms with Gasteiger partial charge in [-0.15, -0.1) is 0 Å². The van der Waals surface area contributed by atoms with Crippen LogP contribution >= 0.6 is 0 Å². The maximum absolute atomic E-state index is 12.5. The largest absolute Gasteiger partial charge is 0.472 e. The molecule has 0 aromatic carbocycles. The van der Waals surface area contributed by atoms with Gasteiger partial charge in [0, 0.05) is 52.9 Å². The first-order valence-corrected chi connectivity index (χ1v) is 8.70. The minimum absolute atomic E-state index is 0.0797. The molecule has 3 heterocycles. The van der Waals surface area contributed by atoms with Gasteiger partial charge >= 0.3 is 0 Å². The third-order valence-electron chi connectivity index (χ3n) is 5.68. The minimum atomic E-state index is 0.0797. The molecule has 3 rings (SSSR count). The summed E-state index contributed by atoms with van der Waals surface area (Å²) < 4.78 is 15.8. The molecular weight excluding hydrogens is 308 g/mol. The lowest BCUT2D eigenvalue weighted by Crippen LogP contribution is -2.47. The molecule has 1 amide bonds. The second-order valence-corrected chi connectivity index (χ2v) is 7.05. The van der Waals surface area contributed by atoms with Crippen LogP contribution in [0.25, 0.3) is 0 Å². The molecule has 1 spiro atoms. The number of hydrogen-bond acceptors (Lipinski definition) is 5. The van der Waals surface area contributed by atoms with Gasteiger partial charge in [0.15, 0.2) is 0 Å². The Bertz CT molecular complexity index is 523. The molecule has 0 saturated carbocycles. The summed E-state index contributed by atoms with van der Waals surface area (Å²) in [6.07, 6.45) is 5.16. The van der Waals surface area contributed by atoms with Crippen molar-refractivity contribution in [3.63, 3.8) is 0 Å². The average molecular weight is 336 g/mol. The van der Waals surface area contributed by atoms with Crippen molar-refractivity contribution in [2.45, 2.75) is 12.8 Å². The van der Waals surface area contributed by atoms with Crippen LogP contribution in [0.1, 0.15) is 23.2 Å². The summed E-state index contributed by atoms with van der Waals surface area (Å²) >= 11 is 0. The Morgan fingerprint density at radius 3 is 2.75 bits per heavy atom. The molecule has 0 unspecified atom stereocenters. The molecule has 134 valence electrons. The molecule has 6 nitrogen and oxygen atoms in total. The van der Waals surface area contributed by atoms with Crippen molar-refractivity contribution in [1.82, 2.24) is 9.80 Å². The van der Waals surface area contributed by atoms with Crippen molar-refractivity contribution in [1.29, 1.82) is 0 Å². The molecule has 0 aliphatic carbocycles. The summed E-state index contributed by atoms with van der Waals surface area (Å²) in [5, 5.41) is 0. The Balaban J connectivity index is 1.62. The van der Waals surface area contributed by atoms with Crippen LogP contribution in [0.3, 0.4) is 0 Å². The Hall–Kier alpha value is -1.37. The van der Waals surface area contributed by atoms with Crippen molar-refractivity contribution in [2.24, 2.45) is 11.3 Å². The molecule has 1 atom stereocenters. The number of nitrogens with zero attached hydrogens (tertiary/aromatic N) is 2. The summed E-state index contributed by atoms with van der Waals surface area (Å²) in [5.41, 5.74) is 0.907. The van der Waals surface area contributed by atoms with Crippen LogP contribution in [-0.2, 0) is 9.47 Å². The second-order valence-electron chi connectivity index (χ2n) is 7.05. The highest BCUT2D eigenvalue weighted by Crippen LogP contribution is 2.44. The lowest BCUT2D eigenvalue weighted by molar-refractivity contribution is 0.0320. The Morgan fingerprint density at radius 2 is 2.12 bits per heavy atom. The van der Waals surface area contributed by atoms with Crippen LogP contribution in [0, 0.1) is 11.3 Å². The van der Waals surface area contributed by atoms with E-state index in [1.54, 1.807) is 26.5 Å². The molecule has 1 aromatic rings. The van der Waals surface area contributed by atoms with Crippen LogP contribution in [0.4, 0.5) is 0 Å². The van der Waals surface area contributed by atoms with Gasteiger partial charge in [-0.2, -0.15) is 0 Å². The molecule has 0 radical (unpaired) electrons. The zero-order valence-electron chi connectivity index (χ0n) is 14.7. The normalized spacial score (nSPS) is 23.9. The van der Waals surface area contributed by atoms with E-state index < -0.39 is 0 Å². The number of piperidine rings is 1. The molecule has 0 bridgehead atoms. The van der Waals surface area contributed by atoms with Crippen LogP contribution in [-0.4, -0.2) is 75.9 Å². The quantitative estimate of drug-likeness (QED) is 0.792. The summed E-state index contributed by atoms with van der Waals surface area (Å²) in [7, 11) is 3.53. The number of carbonyl (C=O) groups excluding carboxylic acids is 1. The van der Waals surface area contributed by atoms with E-state index >= 15 is 0 Å². The summed E-state index contributed by atoms with van der Waals surface area (Å²) in [5.74, 6) is 0.613. The van der Waals surface area contributed by atoms with Gasteiger partial charge in [0.1, 0.15) is 6.26 Å². The number of rotatable bonds is 6. The van der Waals surface area contributed by atoms with Gasteiger partial charge in [0.25, 0.3) is 5.91 Å². The van der Waals surface area contributed by atoms with E-state index in [0.717, 1.165) is 58.8 Å². The molecule has 2 fully saturated rings. The van der Waals surface area contributed by atoms with E-state index in [4.69, 9.17) is 13.9 Å². The minimum Gasteiger partial charge on any atom is -0.472 e. The number of hydrogen-bond donors (Lipinski definition) is 0. The predicted molar refractivity (Wildman–Crippen MR) is 90.0 cm³/mol. The highest BCUT2D eigenvalue weighted by Gasteiger charge is 2.48. The SMILES string of the molecule is COCCN1C[C@@H](COC)C2(CCN(C(=O)c3ccoc3)CC2)C1. The van der Waals surface area contributed by atoms with Crippen molar-refractivity contribution in [3.05, 3.63) is 24.2 Å². The maximum atomic E-state index is 12.5. The van der Waals surface area contributed by atoms with Gasteiger partial charge in [-0.1, -0.05) is 0 Å². The van der Waals surface area contributed by atoms with Crippen LogP contribution in [0.2, 0.25) is 0 Å². The smallest absolute Gasteiger partial charge is 0.257 e. The Labute approximate surface area is 143 Å². The fourth-order valence-electron chi connectivity index (χ4n) is 4.26.